The molecule has 0 radical (unpaired) electrons. The highest BCUT2D eigenvalue weighted by Gasteiger charge is 2.13. The summed E-state index contributed by atoms with van der Waals surface area (Å²) in [7, 11) is 0. The van der Waals surface area contributed by atoms with E-state index in [1.165, 1.54) is 0 Å². The lowest BCUT2D eigenvalue weighted by Crippen LogP contribution is -2.05. The van der Waals surface area contributed by atoms with Gasteiger partial charge in [-0.1, -0.05) is 28.1 Å². The maximum absolute atomic E-state index is 11.8. The molecule has 0 unspecified atom stereocenters. The minimum Gasteiger partial charge on any atom is -0.464 e. The molecule has 0 N–H and O–H groups in total. The van der Waals surface area contributed by atoms with Gasteiger partial charge < -0.3 is 8.83 Å². The molecule has 4 rings (SSSR count). The van der Waals surface area contributed by atoms with Gasteiger partial charge in [-0.25, -0.2) is 4.79 Å². The van der Waals surface area contributed by atoms with Gasteiger partial charge in [-0.05, 0) is 43.2 Å². The Hall–Kier alpha value is -2.33. The van der Waals surface area contributed by atoms with E-state index in [2.05, 4.69) is 15.9 Å². The summed E-state index contributed by atoms with van der Waals surface area (Å²) in [5.74, 6) is 0. The van der Waals surface area contributed by atoms with E-state index >= 15 is 0 Å². The van der Waals surface area contributed by atoms with Crippen LogP contribution in [0.15, 0.2) is 60.8 Å². The second kappa shape index (κ2) is 5.10. The topological polar surface area (TPSA) is 43.4 Å². The standard InChI is InChI=1S/C19H13BrO3/c1-10-11(2)19(21)23-18-8-17-15(7-14(10)18)16(9-22-17)12-3-5-13(20)6-4-12/h3-9H,1-2H3. The van der Waals surface area contributed by atoms with Crippen molar-refractivity contribution < 1.29 is 8.83 Å². The van der Waals surface area contributed by atoms with Crippen LogP contribution in [0.2, 0.25) is 0 Å². The van der Waals surface area contributed by atoms with Crippen molar-refractivity contribution in [2.45, 2.75) is 13.8 Å². The third-order valence-electron chi connectivity index (χ3n) is 4.31. The SMILES string of the molecule is Cc1c(C)c2cc3c(-c4ccc(Br)cc4)coc3cc2oc1=O. The summed E-state index contributed by atoms with van der Waals surface area (Å²) in [5, 5.41) is 1.95. The van der Waals surface area contributed by atoms with Crippen molar-refractivity contribution >= 4 is 37.9 Å². The highest BCUT2D eigenvalue weighted by atomic mass is 79.9. The van der Waals surface area contributed by atoms with Crippen molar-refractivity contribution in [3.63, 3.8) is 0 Å². The quantitative estimate of drug-likeness (QED) is 0.411. The molecule has 0 bridgehead atoms. The van der Waals surface area contributed by atoms with Crippen LogP contribution in [-0.4, -0.2) is 0 Å². The molecule has 3 nitrogen and oxygen atoms in total. The number of hydrogen-bond donors (Lipinski definition) is 0. The Morgan fingerprint density at radius 3 is 2.39 bits per heavy atom. The summed E-state index contributed by atoms with van der Waals surface area (Å²) >= 11 is 3.45. The van der Waals surface area contributed by atoms with Gasteiger partial charge in [0, 0.05) is 32.4 Å². The molecule has 0 aliphatic rings. The Bertz CT molecular complexity index is 1100. The summed E-state index contributed by atoms with van der Waals surface area (Å²) in [5.41, 5.74) is 4.67. The number of fused-ring (bicyclic) bond motifs is 2. The Balaban J connectivity index is 2.05. The van der Waals surface area contributed by atoms with Crippen LogP contribution in [0, 0.1) is 13.8 Å². The fourth-order valence-corrected chi connectivity index (χ4v) is 3.08. The summed E-state index contributed by atoms with van der Waals surface area (Å²) in [4.78, 5) is 11.8. The third-order valence-corrected chi connectivity index (χ3v) is 4.83. The van der Waals surface area contributed by atoms with E-state index in [-0.39, 0.29) is 5.63 Å². The highest BCUT2D eigenvalue weighted by molar-refractivity contribution is 9.10. The lowest BCUT2D eigenvalue weighted by atomic mass is 10.0. The molecule has 0 saturated heterocycles. The lowest BCUT2D eigenvalue weighted by molar-refractivity contribution is 0.552. The molecule has 0 amide bonds. The summed E-state index contributed by atoms with van der Waals surface area (Å²) in [6, 6.07) is 11.9. The molecule has 114 valence electrons. The maximum Gasteiger partial charge on any atom is 0.339 e. The first-order valence-corrected chi connectivity index (χ1v) is 8.05. The van der Waals surface area contributed by atoms with Gasteiger partial charge >= 0.3 is 5.63 Å². The van der Waals surface area contributed by atoms with Crippen LogP contribution in [0.25, 0.3) is 33.1 Å². The average molecular weight is 369 g/mol. The molecule has 0 saturated carbocycles. The second-order valence-electron chi connectivity index (χ2n) is 5.64. The van der Waals surface area contributed by atoms with Gasteiger partial charge in [0.15, 0.2) is 0 Å². The van der Waals surface area contributed by atoms with E-state index in [1.807, 2.05) is 37.3 Å². The number of benzene rings is 2. The smallest absolute Gasteiger partial charge is 0.339 e. The first-order chi connectivity index (χ1) is 11.0. The molecule has 2 aromatic heterocycles. The number of furan rings is 1. The highest BCUT2D eigenvalue weighted by Crippen LogP contribution is 2.34. The van der Waals surface area contributed by atoms with Gasteiger partial charge in [0.2, 0.25) is 0 Å². The van der Waals surface area contributed by atoms with Crippen molar-refractivity contribution in [1.29, 1.82) is 0 Å². The molecule has 0 atom stereocenters. The minimum absolute atomic E-state index is 0.297. The summed E-state index contributed by atoms with van der Waals surface area (Å²) in [6.45, 7) is 3.73. The van der Waals surface area contributed by atoms with E-state index in [4.69, 9.17) is 8.83 Å². The van der Waals surface area contributed by atoms with E-state index in [9.17, 15) is 4.79 Å². The average Bonchev–Trinajstić information content (AvgIpc) is 2.95. The molecule has 4 heteroatoms. The first-order valence-electron chi connectivity index (χ1n) is 7.26. The largest absolute Gasteiger partial charge is 0.464 e. The number of hydrogen-bond acceptors (Lipinski definition) is 3. The molecular formula is C19H13BrO3. The molecule has 0 fully saturated rings. The molecule has 0 spiro atoms. The predicted molar refractivity (Wildman–Crippen MR) is 94.9 cm³/mol. The second-order valence-corrected chi connectivity index (χ2v) is 6.56. The Kier molecular flexibility index (Phi) is 3.16. The lowest BCUT2D eigenvalue weighted by Gasteiger charge is -2.05. The van der Waals surface area contributed by atoms with Crippen LogP contribution in [0.3, 0.4) is 0 Å². The van der Waals surface area contributed by atoms with Crippen molar-refractivity contribution in [3.8, 4) is 11.1 Å². The zero-order chi connectivity index (χ0) is 16.1. The summed E-state index contributed by atoms with van der Waals surface area (Å²) < 4.78 is 12.1. The van der Waals surface area contributed by atoms with Crippen LogP contribution < -0.4 is 5.63 Å². The zero-order valence-corrected chi connectivity index (χ0v) is 14.2. The van der Waals surface area contributed by atoms with Crippen molar-refractivity contribution in [2.75, 3.05) is 0 Å². The van der Waals surface area contributed by atoms with Gasteiger partial charge in [-0.2, -0.15) is 0 Å². The van der Waals surface area contributed by atoms with E-state index in [0.717, 1.165) is 31.9 Å². The number of aryl methyl sites for hydroxylation is 1. The van der Waals surface area contributed by atoms with Gasteiger partial charge in [-0.3, -0.25) is 0 Å². The van der Waals surface area contributed by atoms with Gasteiger partial charge in [0.05, 0.1) is 6.26 Å². The van der Waals surface area contributed by atoms with E-state index < -0.39 is 0 Å². The van der Waals surface area contributed by atoms with Crippen LogP contribution in [0.1, 0.15) is 11.1 Å². The fraction of sp³-hybridized carbons (Fsp3) is 0.105. The molecular weight excluding hydrogens is 356 g/mol. The van der Waals surface area contributed by atoms with E-state index in [1.54, 1.807) is 19.3 Å². The van der Waals surface area contributed by atoms with E-state index in [0.29, 0.717) is 16.7 Å². The molecule has 0 aliphatic heterocycles. The predicted octanol–water partition coefficient (Wildman–Crippen LogP) is 5.59. The van der Waals surface area contributed by atoms with Crippen molar-refractivity contribution in [1.82, 2.24) is 0 Å². The Labute approximate surface area is 140 Å². The van der Waals surface area contributed by atoms with Gasteiger partial charge in [0.1, 0.15) is 11.2 Å². The number of rotatable bonds is 1. The van der Waals surface area contributed by atoms with Gasteiger partial charge in [-0.15, -0.1) is 0 Å². The van der Waals surface area contributed by atoms with Crippen molar-refractivity contribution in [2.24, 2.45) is 0 Å². The Morgan fingerprint density at radius 1 is 0.913 bits per heavy atom. The molecule has 2 aromatic carbocycles. The Morgan fingerprint density at radius 2 is 1.65 bits per heavy atom. The fourth-order valence-electron chi connectivity index (χ4n) is 2.82. The van der Waals surface area contributed by atoms with Crippen LogP contribution in [0.4, 0.5) is 0 Å². The monoisotopic (exact) mass is 368 g/mol. The minimum atomic E-state index is -0.297. The normalized spacial score (nSPS) is 11.4. The van der Waals surface area contributed by atoms with Gasteiger partial charge in [0.25, 0.3) is 0 Å². The maximum atomic E-state index is 11.8. The van der Waals surface area contributed by atoms with Crippen molar-refractivity contribution in [3.05, 3.63) is 68.7 Å². The first kappa shape index (κ1) is 14.3. The molecule has 2 heterocycles. The molecule has 0 aliphatic carbocycles. The zero-order valence-electron chi connectivity index (χ0n) is 12.6. The summed E-state index contributed by atoms with van der Waals surface area (Å²) in [6.07, 6.45) is 1.74. The van der Waals surface area contributed by atoms with Crippen LogP contribution >= 0.6 is 15.9 Å². The van der Waals surface area contributed by atoms with Crippen LogP contribution in [0.5, 0.6) is 0 Å². The molecule has 23 heavy (non-hydrogen) atoms. The number of halogens is 1. The third kappa shape index (κ3) is 2.21. The molecule has 4 aromatic rings. The van der Waals surface area contributed by atoms with Crippen LogP contribution in [-0.2, 0) is 0 Å².